The Hall–Kier alpha value is -1.42. The fourth-order valence-electron chi connectivity index (χ4n) is 5.75. The van der Waals surface area contributed by atoms with Crippen molar-refractivity contribution in [3.8, 4) is 0 Å². The number of hydrogen-bond donors (Lipinski definition) is 1. The molecule has 5 rings (SSSR count). The third-order valence-electron chi connectivity index (χ3n) is 7.19. The van der Waals surface area contributed by atoms with Crippen LogP contribution in [0.15, 0.2) is 18.2 Å². The fourth-order valence-corrected chi connectivity index (χ4v) is 5.75. The van der Waals surface area contributed by atoms with Gasteiger partial charge in [-0.3, -0.25) is 4.79 Å². The zero-order valence-electron chi connectivity index (χ0n) is 14.1. The predicted octanol–water partition coefficient (Wildman–Crippen LogP) is 3.37. The van der Waals surface area contributed by atoms with Gasteiger partial charge in [-0.15, -0.1) is 0 Å². The molecule has 4 heteroatoms. The molecular formula is C20H25FN2O. The minimum Gasteiger partial charge on any atom is -0.317 e. The molecule has 1 amide bonds. The summed E-state index contributed by atoms with van der Waals surface area (Å²) in [5, 5.41) is 3.40. The molecule has 1 aromatic carbocycles. The minimum absolute atomic E-state index is 0.114. The lowest BCUT2D eigenvalue weighted by Gasteiger charge is -2.27. The lowest BCUT2D eigenvalue weighted by molar-refractivity contribution is -0.120. The van der Waals surface area contributed by atoms with Crippen molar-refractivity contribution in [1.29, 1.82) is 0 Å². The third kappa shape index (κ3) is 1.95. The molecule has 2 aliphatic carbocycles. The van der Waals surface area contributed by atoms with E-state index in [9.17, 15) is 9.18 Å². The Kier molecular flexibility index (Phi) is 3.13. The number of piperidine rings is 1. The summed E-state index contributed by atoms with van der Waals surface area (Å²) in [5.74, 6) is 0.303. The number of amides is 1. The van der Waals surface area contributed by atoms with E-state index in [0.29, 0.717) is 6.54 Å². The van der Waals surface area contributed by atoms with E-state index in [4.69, 9.17) is 0 Å². The summed E-state index contributed by atoms with van der Waals surface area (Å²) in [4.78, 5) is 15.2. The fraction of sp³-hybridized carbons (Fsp3) is 0.650. The van der Waals surface area contributed by atoms with Crippen molar-refractivity contribution in [2.75, 3.05) is 24.5 Å². The van der Waals surface area contributed by atoms with Crippen molar-refractivity contribution in [1.82, 2.24) is 5.32 Å². The molecule has 2 spiro atoms. The first-order chi connectivity index (χ1) is 11.7. The van der Waals surface area contributed by atoms with Crippen LogP contribution in [-0.2, 0) is 10.2 Å². The number of nitrogens with zero attached hydrogens (tertiary/aromatic N) is 1. The molecule has 0 aromatic heterocycles. The molecule has 1 unspecified atom stereocenters. The van der Waals surface area contributed by atoms with Gasteiger partial charge in [0.05, 0.1) is 5.69 Å². The Labute approximate surface area is 142 Å². The average Bonchev–Trinajstić information content (AvgIpc) is 2.97. The SMILES string of the molecule is O=C(C1CC12CCNCC2)N1CC2(CCCC2)c2c(F)cccc21. The van der Waals surface area contributed by atoms with Gasteiger partial charge in [0.1, 0.15) is 5.82 Å². The Morgan fingerprint density at radius 1 is 1.17 bits per heavy atom. The third-order valence-corrected chi connectivity index (χ3v) is 7.19. The highest BCUT2D eigenvalue weighted by atomic mass is 19.1. The number of anilines is 1. The molecular weight excluding hydrogens is 303 g/mol. The van der Waals surface area contributed by atoms with Crippen molar-refractivity contribution in [2.45, 2.75) is 50.4 Å². The number of fused-ring (bicyclic) bond motifs is 2. The zero-order chi connectivity index (χ0) is 16.4. The van der Waals surface area contributed by atoms with Gasteiger partial charge in [-0.25, -0.2) is 4.39 Å². The average molecular weight is 328 g/mol. The second-order valence-electron chi connectivity index (χ2n) is 8.41. The first kappa shape index (κ1) is 14.9. The molecule has 4 aliphatic rings. The van der Waals surface area contributed by atoms with E-state index in [1.54, 1.807) is 12.1 Å². The van der Waals surface area contributed by atoms with Crippen LogP contribution in [-0.4, -0.2) is 25.5 Å². The van der Waals surface area contributed by atoms with Gasteiger partial charge in [0.15, 0.2) is 0 Å². The number of nitrogens with one attached hydrogen (secondary N) is 1. The van der Waals surface area contributed by atoms with Crippen LogP contribution in [0.4, 0.5) is 10.1 Å². The molecule has 2 heterocycles. The lowest BCUT2D eigenvalue weighted by atomic mass is 9.80. The number of carbonyl (C=O) groups excluding carboxylic acids is 1. The summed E-state index contributed by atoms with van der Waals surface area (Å²) >= 11 is 0. The van der Waals surface area contributed by atoms with Crippen LogP contribution in [0.3, 0.4) is 0 Å². The summed E-state index contributed by atoms with van der Waals surface area (Å²) in [7, 11) is 0. The molecule has 1 N–H and O–H groups in total. The monoisotopic (exact) mass is 328 g/mol. The smallest absolute Gasteiger partial charge is 0.230 e. The van der Waals surface area contributed by atoms with Gasteiger partial charge in [-0.1, -0.05) is 18.9 Å². The topological polar surface area (TPSA) is 32.3 Å². The normalized spacial score (nSPS) is 29.2. The molecule has 0 radical (unpaired) electrons. The van der Waals surface area contributed by atoms with Crippen LogP contribution in [0.25, 0.3) is 0 Å². The van der Waals surface area contributed by atoms with Crippen molar-refractivity contribution >= 4 is 11.6 Å². The maximum Gasteiger partial charge on any atom is 0.230 e. The Bertz CT molecular complexity index is 689. The maximum atomic E-state index is 14.6. The molecule has 0 bridgehead atoms. The number of carbonyl (C=O) groups is 1. The van der Waals surface area contributed by atoms with Gasteiger partial charge in [-0.2, -0.15) is 0 Å². The van der Waals surface area contributed by atoms with Gasteiger partial charge in [0.2, 0.25) is 5.91 Å². The van der Waals surface area contributed by atoms with Gasteiger partial charge in [0, 0.05) is 23.4 Å². The van der Waals surface area contributed by atoms with Crippen molar-refractivity contribution < 1.29 is 9.18 Å². The van der Waals surface area contributed by atoms with Gasteiger partial charge in [0.25, 0.3) is 0 Å². The molecule has 1 aromatic rings. The molecule has 1 atom stereocenters. The molecule has 3 fully saturated rings. The summed E-state index contributed by atoms with van der Waals surface area (Å²) in [6, 6.07) is 5.29. The Morgan fingerprint density at radius 3 is 2.67 bits per heavy atom. The summed E-state index contributed by atoms with van der Waals surface area (Å²) < 4.78 is 14.6. The highest BCUT2D eigenvalue weighted by molar-refractivity contribution is 6.00. The Balaban J connectivity index is 1.48. The van der Waals surface area contributed by atoms with Gasteiger partial charge < -0.3 is 10.2 Å². The first-order valence-electron chi connectivity index (χ1n) is 9.46. The van der Waals surface area contributed by atoms with E-state index in [2.05, 4.69) is 5.32 Å². The first-order valence-corrected chi connectivity index (χ1v) is 9.46. The van der Waals surface area contributed by atoms with Gasteiger partial charge in [-0.05, 0) is 62.7 Å². The number of rotatable bonds is 1. The molecule has 2 saturated carbocycles. The van der Waals surface area contributed by atoms with Crippen LogP contribution < -0.4 is 10.2 Å². The highest BCUT2D eigenvalue weighted by Crippen LogP contribution is 2.61. The summed E-state index contributed by atoms with van der Waals surface area (Å²) in [6.07, 6.45) is 7.58. The van der Waals surface area contributed by atoms with Crippen LogP contribution >= 0.6 is 0 Å². The molecule has 24 heavy (non-hydrogen) atoms. The number of benzene rings is 1. The summed E-state index contributed by atoms with van der Waals surface area (Å²) in [5.41, 5.74) is 1.81. The van der Waals surface area contributed by atoms with Crippen molar-refractivity contribution in [2.24, 2.45) is 11.3 Å². The quantitative estimate of drug-likeness (QED) is 0.857. The zero-order valence-corrected chi connectivity index (χ0v) is 14.1. The second kappa shape index (κ2) is 5.04. The number of hydrogen-bond acceptors (Lipinski definition) is 2. The van der Waals surface area contributed by atoms with Crippen LogP contribution in [0.1, 0.15) is 50.5 Å². The minimum atomic E-state index is -0.119. The van der Waals surface area contributed by atoms with E-state index in [1.807, 2.05) is 11.0 Å². The lowest BCUT2D eigenvalue weighted by Crippen LogP contribution is -2.39. The van der Waals surface area contributed by atoms with Gasteiger partial charge >= 0.3 is 0 Å². The van der Waals surface area contributed by atoms with E-state index in [1.165, 1.54) is 0 Å². The molecule has 2 aliphatic heterocycles. The van der Waals surface area contributed by atoms with Crippen LogP contribution in [0, 0.1) is 17.2 Å². The molecule has 3 nitrogen and oxygen atoms in total. The van der Waals surface area contributed by atoms with Crippen molar-refractivity contribution in [3.63, 3.8) is 0 Å². The summed E-state index contributed by atoms with van der Waals surface area (Å²) in [6.45, 7) is 2.75. The maximum absolute atomic E-state index is 14.6. The van der Waals surface area contributed by atoms with E-state index >= 15 is 0 Å². The van der Waals surface area contributed by atoms with E-state index in [0.717, 1.165) is 69.3 Å². The standard InChI is InChI=1S/C20H25FN2O/c21-15-4-3-5-16-17(15)20(6-1-2-7-20)13-23(16)18(24)14-12-19(14)8-10-22-11-9-19/h3-5,14,22H,1-2,6-13H2. The van der Waals surface area contributed by atoms with Crippen LogP contribution in [0.2, 0.25) is 0 Å². The number of halogens is 1. The molecule has 128 valence electrons. The largest absolute Gasteiger partial charge is 0.317 e. The van der Waals surface area contributed by atoms with E-state index in [-0.39, 0.29) is 28.5 Å². The Morgan fingerprint density at radius 2 is 1.92 bits per heavy atom. The second-order valence-corrected chi connectivity index (χ2v) is 8.41. The predicted molar refractivity (Wildman–Crippen MR) is 91.5 cm³/mol. The van der Waals surface area contributed by atoms with Crippen molar-refractivity contribution in [3.05, 3.63) is 29.6 Å². The van der Waals surface area contributed by atoms with Crippen LogP contribution in [0.5, 0.6) is 0 Å². The highest BCUT2D eigenvalue weighted by Gasteiger charge is 2.60. The van der Waals surface area contributed by atoms with E-state index < -0.39 is 0 Å². The molecule has 1 saturated heterocycles.